The number of aromatic nitrogens is 3. The van der Waals surface area contributed by atoms with Gasteiger partial charge in [0.2, 0.25) is 0 Å². The van der Waals surface area contributed by atoms with Gasteiger partial charge in [0.15, 0.2) is 0 Å². The summed E-state index contributed by atoms with van der Waals surface area (Å²) in [6.45, 7) is 1.13. The van der Waals surface area contributed by atoms with E-state index in [0.717, 1.165) is 22.0 Å². The highest BCUT2D eigenvalue weighted by molar-refractivity contribution is 6.07. The number of rotatable bonds is 3. The van der Waals surface area contributed by atoms with Crippen LogP contribution in [0.4, 0.5) is 4.39 Å². The lowest BCUT2D eigenvalue weighted by Gasteiger charge is -2.36. The number of carbonyl (C=O) groups is 1. The zero-order valence-corrected chi connectivity index (χ0v) is 15.6. The van der Waals surface area contributed by atoms with Gasteiger partial charge < -0.3 is 14.6 Å². The number of nitrogens with one attached hydrogen (secondary N) is 2. The lowest BCUT2D eigenvalue weighted by atomic mass is 10.0. The number of ether oxygens (including phenoxy) is 1. The van der Waals surface area contributed by atoms with Crippen LogP contribution in [0.3, 0.4) is 0 Å². The Bertz CT molecular complexity index is 1170. The molecule has 1 aliphatic heterocycles. The summed E-state index contributed by atoms with van der Waals surface area (Å²) in [5.41, 5.74) is 3.89. The molecule has 1 amide bonds. The summed E-state index contributed by atoms with van der Waals surface area (Å²) >= 11 is 0. The van der Waals surface area contributed by atoms with Gasteiger partial charge in [-0.05, 0) is 17.7 Å². The first kappa shape index (κ1) is 17.6. The quantitative estimate of drug-likeness (QED) is 0.557. The maximum Gasteiger partial charge on any atom is 0.256 e. The van der Waals surface area contributed by atoms with Crippen molar-refractivity contribution >= 4 is 16.8 Å². The number of hydrogen-bond acceptors (Lipinski definition) is 3. The standard InChI is InChI=1S/C22H19FN4O2/c23-19-4-2-1-3-17(19)21-13-29-8-7-27(21)22(28)18-12-24-20-9-14(5-6-16(18)20)15-10-25-26-11-15/h1-6,9-12,21,24H,7-8,13H2,(H,25,26)/t21-/m1/s1. The van der Waals surface area contributed by atoms with Crippen LogP contribution in [0.2, 0.25) is 0 Å². The van der Waals surface area contributed by atoms with Gasteiger partial charge in [0, 0.05) is 41.0 Å². The number of fused-ring (bicyclic) bond motifs is 1. The summed E-state index contributed by atoms with van der Waals surface area (Å²) in [7, 11) is 0. The molecule has 6 nitrogen and oxygen atoms in total. The second-order valence-corrected chi connectivity index (χ2v) is 7.06. The van der Waals surface area contributed by atoms with Gasteiger partial charge in [-0.15, -0.1) is 0 Å². The molecule has 0 aliphatic carbocycles. The summed E-state index contributed by atoms with van der Waals surface area (Å²) < 4.78 is 19.9. The highest BCUT2D eigenvalue weighted by Crippen LogP contribution is 2.31. The Morgan fingerprint density at radius 2 is 2.07 bits per heavy atom. The van der Waals surface area contributed by atoms with Crippen LogP contribution in [0.25, 0.3) is 22.0 Å². The summed E-state index contributed by atoms with van der Waals surface area (Å²) in [6, 6.07) is 12.0. The average Bonchev–Trinajstić information content (AvgIpc) is 3.43. The van der Waals surface area contributed by atoms with Crippen LogP contribution >= 0.6 is 0 Å². The molecule has 7 heteroatoms. The highest BCUT2D eigenvalue weighted by Gasteiger charge is 2.32. The zero-order valence-electron chi connectivity index (χ0n) is 15.6. The van der Waals surface area contributed by atoms with Crippen LogP contribution in [0.1, 0.15) is 22.0 Å². The van der Waals surface area contributed by atoms with Gasteiger partial charge in [-0.3, -0.25) is 9.89 Å². The van der Waals surface area contributed by atoms with E-state index < -0.39 is 6.04 Å². The molecule has 1 saturated heterocycles. The summed E-state index contributed by atoms with van der Waals surface area (Å²) in [6.07, 6.45) is 5.30. The van der Waals surface area contributed by atoms with Crippen molar-refractivity contribution in [1.29, 1.82) is 0 Å². The Hall–Kier alpha value is -3.45. The van der Waals surface area contributed by atoms with Gasteiger partial charge in [0.25, 0.3) is 5.91 Å². The maximum atomic E-state index is 14.4. The predicted molar refractivity (Wildman–Crippen MR) is 107 cm³/mol. The Balaban J connectivity index is 1.50. The lowest BCUT2D eigenvalue weighted by Crippen LogP contribution is -2.43. The zero-order chi connectivity index (χ0) is 19.8. The van der Waals surface area contributed by atoms with Crippen LogP contribution in [-0.4, -0.2) is 45.7 Å². The van der Waals surface area contributed by atoms with E-state index in [2.05, 4.69) is 15.2 Å². The van der Waals surface area contributed by atoms with Crippen molar-refractivity contribution < 1.29 is 13.9 Å². The lowest BCUT2D eigenvalue weighted by molar-refractivity contribution is -0.00352. The summed E-state index contributed by atoms with van der Waals surface area (Å²) in [5.74, 6) is -0.464. The SMILES string of the molecule is O=C(c1c[nH]c2cc(-c3cn[nH]c3)ccc12)N1CCOC[C@@H]1c1ccccc1F. The van der Waals surface area contributed by atoms with Gasteiger partial charge in [-0.1, -0.05) is 30.3 Å². The molecule has 0 radical (unpaired) electrons. The Kier molecular flexibility index (Phi) is 4.37. The van der Waals surface area contributed by atoms with Crippen LogP contribution < -0.4 is 0 Å². The molecule has 2 N–H and O–H groups in total. The van der Waals surface area contributed by atoms with E-state index in [1.807, 2.05) is 24.4 Å². The fourth-order valence-electron chi connectivity index (χ4n) is 3.90. The predicted octanol–water partition coefficient (Wildman–Crippen LogP) is 3.91. The number of aromatic amines is 2. The Morgan fingerprint density at radius 3 is 2.90 bits per heavy atom. The Labute approximate surface area is 166 Å². The highest BCUT2D eigenvalue weighted by atomic mass is 19.1. The monoisotopic (exact) mass is 390 g/mol. The number of benzene rings is 2. The first-order chi connectivity index (χ1) is 14.2. The smallest absolute Gasteiger partial charge is 0.256 e. The summed E-state index contributed by atoms with van der Waals surface area (Å²) in [5, 5.41) is 7.62. The molecule has 146 valence electrons. The number of morpholine rings is 1. The number of H-pyrrole nitrogens is 2. The van der Waals surface area contributed by atoms with Crippen molar-refractivity contribution in [1.82, 2.24) is 20.1 Å². The van der Waals surface area contributed by atoms with Crippen molar-refractivity contribution in [2.45, 2.75) is 6.04 Å². The molecular weight excluding hydrogens is 371 g/mol. The van der Waals surface area contributed by atoms with Gasteiger partial charge in [0.05, 0.1) is 31.0 Å². The van der Waals surface area contributed by atoms with Gasteiger partial charge in [-0.2, -0.15) is 5.10 Å². The molecule has 0 unspecified atom stereocenters. The molecule has 1 atom stereocenters. The average molecular weight is 390 g/mol. The first-order valence-electron chi connectivity index (χ1n) is 9.46. The topological polar surface area (TPSA) is 74.0 Å². The van der Waals surface area contributed by atoms with Gasteiger partial charge >= 0.3 is 0 Å². The largest absolute Gasteiger partial charge is 0.377 e. The molecule has 4 aromatic rings. The van der Waals surface area contributed by atoms with E-state index >= 15 is 0 Å². The Morgan fingerprint density at radius 1 is 1.17 bits per heavy atom. The van der Waals surface area contributed by atoms with E-state index in [0.29, 0.717) is 24.3 Å². The third kappa shape index (κ3) is 3.09. The molecular formula is C22H19FN4O2. The number of carbonyl (C=O) groups excluding carboxylic acids is 1. The van der Waals surface area contributed by atoms with E-state index in [9.17, 15) is 9.18 Å². The molecule has 2 aromatic heterocycles. The van der Waals surface area contributed by atoms with Crippen molar-refractivity contribution in [3.63, 3.8) is 0 Å². The number of nitrogens with zero attached hydrogens (tertiary/aromatic N) is 2. The number of hydrogen-bond donors (Lipinski definition) is 2. The normalized spacial score (nSPS) is 17.0. The van der Waals surface area contributed by atoms with Gasteiger partial charge in [-0.25, -0.2) is 4.39 Å². The van der Waals surface area contributed by atoms with Crippen LogP contribution in [0.5, 0.6) is 0 Å². The minimum Gasteiger partial charge on any atom is -0.377 e. The van der Waals surface area contributed by atoms with Crippen LogP contribution in [0.15, 0.2) is 61.1 Å². The van der Waals surface area contributed by atoms with Crippen molar-refractivity contribution in [3.8, 4) is 11.1 Å². The van der Waals surface area contributed by atoms with Crippen LogP contribution in [0, 0.1) is 5.82 Å². The molecule has 1 aliphatic rings. The third-order valence-corrected chi connectivity index (χ3v) is 5.40. The van der Waals surface area contributed by atoms with Crippen molar-refractivity contribution in [3.05, 3.63) is 78.0 Å². The molecule has 0 spiro atoms. The van der Waals surface area contributed by atoms with Crippen molar-refractivity contribution in [2.24, 2.45) is 0 Å². The molecule has 29 heavy (non-hydrogen) atoms. The molecule has 3 heterocycles. The fourth-order valence-corrected chi connectivity index (χ4v) is 3.90. The number of halogens is 1. The van der Waals surface area contributed by atoms with Gasteiger partial charge in [0.1, 0.15) is 5.82 Å². The molecule has 0 bridgehead atoms. The molecule has 0 saturated carbocycles. The second-order valence-electron chi connectivity index (χ2n) is 7.06. The molecule has 5 rings (SSSR count). The number of amides is 1. The second kappa shape index (κ2) is 7.18. The minimum atomic E-state index is -0.451. The third-order valence-electron chi connectivity index (χ3n) is 5.40. The van der Waals surface area contributed by atoms with E-state index in [1.165, 1.54) is 6.07 Å². The van der Waals surface area contributed by atoms with E-state index in [-0.39, 0.29) is 18.3 Å². The first-order valence-corrected chi connectivity index (χ1v) is 9.46. The summed E-state index contributed by atoms with van der Waals surface area (Å²) in [4.78, 5) is 18.3. The molecule has 1 fully saturated rings. The maximum absolute atomic E-state index is 14.4. The minimum absolute atomic E-state index is 0.135. The van der Waals surface area contributed by atoms with E-state index in [4.69, 9.17) is 4.74 Å². The molecule has 2 aromatic carbocycles. The van der Waals surface area contributed by atoms with Crippen molar-refractivity contribution in [2.75, 3.05) is 19.8 Å². The van der Waals surface area contributed by atoms with Crippen LogP contribution in [-0.2, 0) is 4.74 Å². The van der Waals surface area contributed by atoms with E-state index in [1.54, 1.807) is 35.5 Å². The fraction of sp³-hybridized carbons (Fsp3) is 0.182.